The molecule has 4 aromatic carbocycles. The van der Waals surface area contributed by atoms with Crippen molar-refractivity contribution in [1.82, 2.24) is 4.98 Å². The van der Waals surface area contributed by atoms with Gasteiger partial charge in [0, 0.05) is 11.1 Å². The quantitative estimate of drug-likeness (QED) is 0.0951. The predicted molar refractivity (Wildman–Crippen MR) is 159 cm³/mol. The van der Waals surface area contributed by atoms with Gasteiger partial charge in [0.2, 0.25) is 5.78 Å². The molecule has 0 radical (unpaired) electrons. The van der Waals surface area contributed by atoms with Crippen LogP contribution in [-0.4, -0.2) is 35.0 Å². The number of anilines is 1. The number of aromatic nitrogens is 1. The van der Waals surface area contributed by atoms with Crippen molar-refractivity contribution in [2.24, 2.45) is 5.92 Å². The summed E-state index contributed by atoms with van der Waals surface area (Å²) in [6.45, 7) is 2.38. The van der Waals surface area contributed by atoms with Crippen LogP contribution in [0.4, 0.5) is 5.13 Å². The molecule has 208 valence electrons. The first-order valence-electron chi connectivity index (χ1n) is 13.3. The number of ether oxygens (including phenoxy) is 2. The number of hydrogen-bond acceptors (Lipinski definition) is 8. The lowest BCUT2D eigenvalue weighted by Crippen LogP contribution is -2.38. The molecular formula is C33H24N2O6S. The standard InChI is InChI=1S/C33H24N2O6S/c1-2-40-20-16-17-25-26(18-20)42-33(34-25)35-31(38)29(37)27(30-23-14-8-9-15-24(23)32(39)41-30)28(36)22-13-7-6-12-21(22)19-10-4-3-5-11-19/h3-18,27,30H,2H2,1H3,(H,34,35,38)/t27-,30+/m1/s1. The average molecular weight is 577 g/mol. The Balaban J connectivity index is 1.37. The van der Waals surface area contributed by atoms with Crippen molar-refractivity contribution in [2.45, 2.75) is 13.0 Å². The van der Waals surface area contributed by atoms with Crippen LogP contribution in [0.15, 0.2) is 97.1 Å². The maximum Gasteiger partial charge on any atom is 0.339 e. The molecule has 0 saturated heterocycles. The van der Waals surface area contributed by atoms with Crippen molar-refractivity contribution in [2.75, 3.05) is 11.9 Å². The molecule has 1 aliphatic rings. The molecule has 42 heavy (non-hydrogen) atoms. The van der Waals surface area contributed by atoms with Gasteiger partial charge in [-0.25, -0.2) is 9.78 Å². The number of nitrogens with zero attached hydrogens (tertiary/aromatic N) is 1. The lowest BCUT2D eigenvalue weighted by atomic mass is 9.82. The summed E-state index contributed by atoms with van der Waals surface area (Å²) in [5.74, 6) is -4.32. The number of benzene rings is 4. The summed E-state index contributed by atoms with van der Waals surface area (Å²) < 4.78 is 11.9. The van der Waals surface area contributed by atoms with E-state index in [1.807, 2.05) is 37.3 Å². The Hall–Kier alpha value is -5.15. The first-order chi connectivity index (χ1) is 20.4. The molecule has 0 saturated carbocycles. The van der Waals surface area contributed by atoms with Gasteiger partial charge in [-0.05, 0) is 42.3 Å². The van der Waals surface area contributed by atoms with E-state index in [1.165, 1.54) is 11.3 Å². The van der Waals surface area contributed by atoms with Gasteiger partial charge < -0.3 is 9.47 Å². The van der Waals surface area contributed by atoms with E-state index in [-0.39, 0.29) is 16.3 Å². The van der Waals surface area contributed by atoms with E-state index in [1.54, 1.807) is 66.7 Å². The Kier molecular flexibility index (Phi) is 7.33. The Labute approximate surface area is 244 Å². The van der Waals surface area contributed by atoms with Crippen LogP contribution in [0.5, 0.6) is 5.75 Å². The second-order valence-corrected chi connectivity index (χ2v) is 10.6. The molecule has 6 rings (SSSR count). The number of Topliss-reactive ketones (excluding diaryl/α,β-unsaturated/α-hetero) is 2. The van der Waals surface area contributed by atoms with Gasteiger partial charge in [-0.1, -0.05) is 84.1 Å². The molecule has 1 amide bonds. The van der Waals surface area contributed by atoms with E-state index < -0.39 is 35.5 Å². The Morgan fingerprint density at radius 3 is 2.43 bits per heavy atom. The van der Waals surface area contributed by atoms with Crippen molar-refractivity contribution >= 4 is 50.1 Å². The molecule has 1 aromatic heterocycles. The number of carbonyl (C=O) groups is 4. The molecule has 0 bridgehead atoms. The highest BCUT2D eigenvalue weighted by Crippen LogP contribution is 2.39. The van der Waals surface area contributed by atoms with Crippen molar-refractivity contribution in [3.63, 3.8) is 0 Å². The summed E-state index contributed by atoms with van der Waals surface area (Å²) in [4.78, 5) is 58.7. The molecule has 8 nitrogen and oxygen atoms in total. The predicted octanol–water partition coefficient (Wildman–Crippen LogP) is 6.28. The highest BCUT2D eigenvalue weighted by atomic mass is 32.1. The highest BCUT2D eigenvalue weighted by molar-refractivity contribution is 7.22. The Morgan fingerprint density at radius 2 is 1.64 bits per heavy atom. The van der Waals surface area contributed by atoms with Crippen LogP contribution in [-0.2, 0) is 14.3 Å². The van der Waals surface area contributed by atoms with Crippen LogP contribution in [0.3, 0.4) is 0 Å². The lowest BCUT2D eigenvalue weighted by molar-refractivity contribution is -0.138. The molecule has 1 N–H and O–H groups in total. The van der Waals surface area contributed by atoms with Crippen molar-refractivity contribution in [3.8, 4) is 16.9 Å². The largest absolute Gasteiger partial charge is 0.494 e. The minimum atomic E-state index is -1.62. The lowest BCUT2D eigenvalue weighted by Gasteiger charge is -2.22. The van der Waals surface area contributed by atoms with Gasteiger partial charge in [-0.15, -0.1) is 0 Å². The summed E-state index contributed by atoms with van der Waals surface area (Å²) >= 11 is 1.17. The van der Waals surface area contributed by atoms with Gasteiger partial charge in [-0.2, -0.15) is 0 Å². The third kappa shape index (κ3) is 5.06. The zero-order chi connectivity index (χ0) is 29.2. The molecule has 2 atom stereocenters. The fourth-order valence-electron chi connectivity index (χ4n) is 5.06. The Morgan fingerprint density at radius 1 is 0.929 bits per heavy atom. The number of ketones is 2. The van der Waals surface area contributed by atoms with Gasteiger partial charge in [0.1, 0.15) is 17.8 Å². The molecule has 9 heteroatoms. The first-order valence-corrected chi connectivity index (χ1v) is 14.1. The zero-order valence-corrected chi connectivity index (χ0v) is 23.2. The summed E-state index contributed by atoms with van der Waals surface area (Å²) in [6, 6.07) is 28.0. The molecule has 2 heterocycles. The fourth-order valence-corrected chi connectivity index (χ4v) is 5.95. The second kappa shape index (κ2) is 11.4. The van der Waals surface area contributed by atoms with Gasteiger partial charge >= 0.3 is 5.97 Å². The third-order valence-electron chi connectivity index (χ3n) is 6.98. The topological polar surface area (TPSA) is 112 Å². The molecule has 0 fully saturated rings. The number of carbonyl (C=O) groups excluding carboxylic acids is 4. The highest BCUT2D eigenvalue weighted by Gasteiger charge is 2.46. The van der Waals surface area contributed by atoms with Crippen molar-refractivity contribution < 1.29 is 28.7 Å². The van der Waals surface area contributed by atoms with Crippen LogP contribution >= 0.6 is 11.3 Å². The number of nitrogens with one attached hydrogen (secondary N) is 1. The monoisotopic (exact) mass is 576 g/mol. The molecule has 0 spiro atoms. The van der Waals surface area contributed by atoms with E-state index in [2.05, 4.69) is 10.3 Å². The molecule has 5 aromatic rings. The zero-order valence-electron chi connectivity index (χ0n) is 22.4. The number of rotatable bonds is 9. The van der Waals surface area contributed by atoms with Crippen LogP contribution in [0, 0.1) is 5.92 Å². The van der Waals surface area contributed by atoms with Crippen LogP contribution in [0.25, 0.3) is 21.3 Å². The van der Waals surface area contributed by atoms with Crippen molar-refractivity contribution in [3.05, 3.63) is 114 Å². The van der Waals surface area contributed by atoms with E-state index in [9.17, 15) is 19.2 Å². The molecule has 0 aliphatic carbocycles. The molecular weight excluding hydrogens is 552 g/mol. The normalized spacial score (nSPS) is 14.6. The molecule has 1 aliphatic heterocycles. The summed E-state index contributed by atoms with van der Waals surface area (Å²) in [5.41, 5.74) is 2.84. The number of cyclic esters (lactones) is 1. The average Bonchev–Trinajstić information content (AvgIpc) is 3.57. The SMILES string of the molecule is CCOc1ccc2nc(NC(=O)C(=O)[C@@H](C(=O)c3ccccc3-c3ccccc3)[C@H]3OC(=O)c4ccccc43)sc2c1. The number of fused-ring (bicyclic) bond motifs is 2. The van der Waals surface area contributed by atoms with Crippen LogP contribution in [0.2, 0.25) is 0 Å². The van der Waals surface area contributed by atoms with Crippen LogP contribution < -0.4 is 10.1 Å². The third-order valence-corrected chi connectivity index (χ3v) is 7.92. The summed E-state index contributed by atoms with van der Waals surface area (Å²) in [5, 5.41) is 2.75. The maximum atomic E-state index is 14.3. The van der Waals surface area contributed by atoms with E-state index in [0.29, 0.717) is 29.0 Å². The molecule has 0 unspecified atom stereocenters. The number of thiazole rings is 1. The van der Waals surface area contributed by atoms with E-state index >= 15 is 0 Å². The second-order valence-electron chi connectivity index (χ2n) is 9.57. The number of hydrogen-bond donors (Lipinski definition) is 1. The summed E-state index contributed by atoms with van der Waals surface area (Å²) in [7, 11) is 0. The van der Waals surface area contributed by atoms with E-state index in [4.69, 9.17) is 9.47 Å². The number of amides is 1. The van der Waals surface area contributed by atoms with Gasteiger partial charge in [0.05, 0.1) is 22.4 Å². The fraction of sp³-hybridized carbons (Fsp3) is 0.121. The van der Waals surface area contributed by atoms with Gasteiger partial charge in [0.15, 0.2) is 10.9 Å². The van der Waals surface area contributed by atoms with Crippen LogP contribution in [0.1, 0.15) is 39.3 Å². The van der Waals surface area contributed by atoms with E-state index in [0.717, 1.165) is 10.3 Å². The van der Waals surface area contributed by atoms with Crippen molar-refractivity contribution in [1.29, 1.82) is 0 Å². The smallest absolute Gasteiger partial charge is 0.339 e. The van der Waals surface area contributed by atoms with Gasteiger partial charge in [-0.3, -0.25) is 19.7 Å². The minimum absolute atomic E-state index is 0.191. The first kappa shape index (κ1) is 27.0. The summed E-state index contributed by atoms with van der Waals surface area (Å²) in [6.07, 6.45) is -1.27. The minimum Gasteiger partial charge on any atom is -0.494 e. The number of esters is 1. The Bertz CT molecular complexity index is 1850. The van der Waals surface area contributed by atoms with Gasteiger partial charge in [0.25, 0.3) is 5.91 Å². The maximum absolute atomic E-state index is 14.3.